The second kappa shape index (κ2) is 9.75. The van der Waals surface area contributed by atoms with Gasteiger partial charge in [-0.2, -0.15) is 0 Å². The van der Waals surface area contributed by atoms with Crippen molar-refractivity contribution in [3.63, 3.8) is 0 Å². The van der Waals surface area contributed by atoms with Gasteiger partial charge in [-0.3, -0.25) is 4.79 Å². The minimum atomic E-state index is 0.100. The molecule has 0 spiro atoms. The highest BCUT2D eigenvalue weighted by atomic mass is 16.5. The lowest BCUT2D eigenvalue weighted by atomic mass is 9.75. The third kappa shape index (κ3) is 5.26. The molecule has 1 saturated heterocycles. The summed E-state index contributed by atoms with van der Waals surface area (Å²) in [5.41, 5.74) is 1.36. The minimum absolute atomic E-state index is 0.100. The fourth-order valence-corrected chi connectivity index (χ4v) is 4.78. The highest BCUT2D eigenvalue weighted by molar-refractivity contribution is 5.78. The summed E-state index contributed by atoms with van der Waals surface area (Å²) in [4.78, 5) is 16.6. The Kier molecular flexibility index (Phi) is 7.36. The molecule has 156 valence electrons. The average Bonchev–Trinajstić information content (AvgIpc) is 3.22. The van der Waals surface area contributed by atoms with Crippen molar-refractivity contribution in [2.24, 2.45) is 5.92 Å². The first-order valence-corrected chi connectivity index (χ1v) is 10.9. The number of ether oxygens (including phenoxy) is 1. The smallest absolute Gasteiger partial charge is 0.260 e. The van der Waals surface area contributed by atoms with Gasteiger partial charge >= 0.3 is 0 Å². The third-order valence-corrected chi connectivity index (χ3v) is 6.57. The highest BCUT2D eigenvalue weighted by Gasteiger charge is 2.36. The van der Waals surface area contributed by atoms with Crippen LogP contribution >= 0.6 is 0 Å². The second-order valence-corrected chi connectivity index (χ2v) is 8.91. The Morgan fingerprint density at radius 2 is 2.00 bits per heavy atom. The largest absolute Gasteiger partial charge is 0.483 e. The maximum Gasteiger partial charge on any atom is 0.260 e. The molecular formula is C23H37N3O2. The molecule has 1 N–H and O–H groups in total. The Labute approximate surface area is 170 Å². The molecule has 1 aliphatic carbocycles. The van der Waals surface area contributed by atoms with Gasteiger partial charge in [0.2, 0.25) is 0 Å². The van der Waals surface area contributed by atoms with Crippen LogP contribution in [-0.4, -0.2) is 61.6 Å². The summed E-state index contributed by atoms with van der Waals surface area (Å²) in [5.74, 6) is 1.70. The number of nitrogens with zero attached hydrogens (tertiary/aromatic N) is 2. The standard InChI is InChI=1S/C23H37N3O2/c1-19-9-8-12-23(15-19,25(2)3)18-24-16-20-10-4-5-11-21(20)28-17-22(27)26-13-6-7-14-26/h4-5,10-11,19,24H,6-9,12-18H2,1-3H3. The number of carbonyl (C=O) groups is 1. The molecule has 1 aromatic rings. The summed E-state index contributed by atoms with van der Waals surface area (Å²) in [7, 11) is 4.42. The van der Waals surface area contributed by atoms with Crippen LogP contribution in [-0.2, 0) is 11.3 Å². The molecule has 1 aliphatic heterocycles. The Balaban J connectivity index is 1.54. The maximum absolute atomic E-state index is 12.3. The number of likely N-dealkylation sites (N-methyl/N-ethyl adjacent to an activating group) is 1. The lowest BCUT2D eigenvalue weighted by Gasteiger charge is -2.45. The average molecular weight is 388 g/mol. The zero-order valence-electron chi connectivity index (χ0n) is 17.9. The molecule has 2 fully saturated rings. The van der Waals surface area contributed by atoms with Gasteiger partial charge in [0.15, 0.2) is 6.61 Å². The van der Waals surface area contributed by atoms with Crippen molar-refractivity contribution >= 4 is 5.91 Å². The predicted octanol–water partition coefficient (Wildman–Crippen LogP) is 3.29. The predicted molar refractivity (Wildman–Crippen MR) is 114 cm³/mol. The van der Waals surface area contributed by atoms with Gasteiger partial charge in [0.1, 0.15) is 5.75 Å². The van der Waals surface area contributed by atoms with Crippen LogP contribution in [0.25, 0.3) is 0 Å². The zero-order valence-corrected chi connectivity index (χ0v) is 17.9. The van der Waals surface area contributed by atoms with E-state index in [1.165, 1.54) is 25.7 Å². The molecular weight excluding hydrogens is 350 g/mol. The Morgan fingerprint density at radius 1 is 1.25 bits per heavy atom. The molecule has 2 aliphatic rings. The first-order valence-electron chi connectivity index (χ1n) is 10.9. The number of para-hydroxylation sites is 1. The quantitative estimate of drug-likeness (QED) is 0.743. The monoisotopic (exact) mass is 387 g/mol. The topological polar surface area (TPSA) is 44.8 Å². The first kappa shape index (κ1) is 21.1. The zero-order chi connectivity index (χ0) is 20.0. The molecule has 0 bridgehead atoms. The van der Waals surface area contributed by atoms with Gasteiger partial charge in [0, 0.05) is 37.3 Å². The van der Waals surface area contributed by atoms with E-state index < -0.39 is 0 Å². The van der Waals surface area contributed by atoms with Crippen molar-refractivity contribution in [1.82, 2.24) is 15.1 Å². The van der Waals surface area contributed by atoms with E-state index in [4.69, 9.17) is 4.74 Å². The maximum atomic E-state index is 12.3. The van der Waals surface area contributed by atoms with E-state index >= 15 is 0 Å². The molecule has 1 heterocycles. The van der Waals surface area contributed by atoms with E-state index in [-0.39, 0.29) is 18.1 Å². The Hall–Kier alpha value is -1.59. The van der Waals surface area contributed by atoms with Crippen molar-refractivity contribution in [1.29, 1.82) is 0 Å². The van der Waals surface area contributed by atoms with Gasteiger partial charge < -0.3 is 19.9 Å². The minimum Gasteiger partial charge on any atom is -0.483 e. The van der Waals surface area contributed by atoms with Gasteiger partial charge in [-0.05, 0) is 51.8 Å². The number of carbonyl (C=O) groups excluding carboxylic acids is 1. The lowest BCUT2D eigenvalue weighted by Crippen LogP contribution is -2.54. The van der Waals surface area contributed by atoms with Crippen molar-refractivity contribution in [3.05, 3.63) is 29.8 Å². The van der Waals surface area contributed by atoms with E-state index in [1.807, 2.05) is 23.1 Å². The lowest BCUT2D eigenvalue weighted by molar-refractivity contribution is -0.132. The summed E-state index contributed by atoms with van der Waals surface area (Å²) in [6.07, 6.45) is 7.36. The van der Waals surface area contributed by atoms with Gasteiger partial charge in [-0.25, -0.2) is 0 Å². The fourth-order valence-electron chi connectivity index (χ4n) is 4.78. The number of hydrogen-bond acceptors (Lipinski definition) is 4. The van der Waals surface area contributed by atoms with E-state index in [9.17, 15) is 4.79 Å². The second-order valence-electron chi connectivity index (χ2n) is 8.91. The molecule has 0 radical (unpaired) electrons. The summed E-state index contributed by atoms with van der Waals surface area (Å²) in [5, 5.41) is 3.68. The van der Waals surface area contributed by atoms with Crippen LogP contribution < -0.4 is 10.1 Å². The summed E-state index contributed by atoms with van der Waals surface area (Å²) in [6, 6.07) is 8.08. The molecule has 5 heteroatoms. The molecule has 1 amide bonds. The summed E-state index contributed by atoms with van der Waals surface area (Å²) < 4.78 is 5.90. The van der Waals surface area contributed by atoms with Crippen LogP contribution in [0.3, 0.4) is 0 Å². The van der Waals surface area contributed by atoms with Crippen molar-refractivity contribution < 1.29 is 9.53 Å². The fraction of sp³-hybridized carbons (Fsp3) is 0.696. The number of amides is 1. The van der Waals surface area contributed by atoms with Gasteiger partial charge in [-0.15, -0.1) is 0 Å². The van der Waals surface area contributed by atoms with Crippen LogP contribution in [0, 0.1) is 5.92 Å². The number of nitrogens with one attached hydrogen (secondary N) is 1. The van der Waals surface area contributed by atoms with Gasteiger partial charge in [-0.1, -0.05) is 38.0 Å². The number of likely N-dealkylation sites (tertiary alicyclic amines) is 1. The highest BCUT2D eigenvalue weighted by Crippen LogP contribution is 2.35. The third-order valence-electron chi connectivity index (χ3n) is 6.57. The molecule has 5 nitrogen and oxygen atoms in total. The molecule has 2 atom stereocenters. The van der Waals surface area contributed by atoms with Crippen LogP contribution in [0.2, 0.25) is 0 Å². The molecule has 0 aromatic heterocycles. The molecule has 28 heavy (non-hydrogen) atoms. The van der Waals surface area contributed by atoms with E-state index in [0.29, 0.717) is 0 Å². The van der Waals surface area contributed by atoms with E-state index in [2.05, 4.69) is 37.3 Å². The summed E-state index contributed by atoms with van der Waals surface area (Å²) >= 11 is 0. The van der Waals surface area contributed by atoms with Gasteiger partial charge in [0.05, 0.1) is 0 Å². The van der Waals surface area contributed by atoms with Crippen molar-refractivity contribution in [3.8, 4) is 5.75 Å². The number of hydrogen-bond donors (Lipinski definition) is 1. The van der Waals surface area contributed by atoms with Crippen LogP contribution in [0.4, 0.5) is 0 Å². The van der Waals surface area contributed by atoms with Crippen LogP contribution in [0.15, 0.2) is 24.3 Å². The summed E-state index contributed by atoms with van der Waals surface area (Å²) in [6.45, 7) is 5.99. The Bertz CT molecular complexity index is 642. The number of rotatable bonds is 8. The van der Waals surface area contributed by atoms with Crippen LogP contribution in [0.5, 0.6) is 5.75 Å². The SMILES string of the molecule is CC1CCCC(CNCc2ccccc2OCC(=O)N2CCCC2)(N(C)C)C1. The van der Waals surface area contributed by atoms with Crippen molar-refractivity contribution in [2.75, 3.05) is 40.3 Å². The van der Waals surface area contributed by atoms with E-state index in [0.717, 1.165) is 56.3 Å². The van der Waals surface area contributed by atoms with Gasteiger partial charge in [0.25, 0.3) is 5.91 Å². The first-order chi connectivity index (χ1) is 13.5. The Morgan fingerprint density at radius 3 is 2.71 bits per heavy atom. The van der Waals surface area contributed by atoms with Crippen molar-refractivity contribution in [2.45, 2.75) is 57.5 Å². The normalized spacial score (nSPS) is 25.3. The van der Waals surface area contributed by atoms with Crippen LogP contribution in [0.1, 0.15) is 51.0 Å². The number of benzene rings is 1. The molecule has 1 saturated carbocycles. The molecule has 2 unspecified atom stereocenters. The molecule has 1 aromatic carbocycles. The van der Waals surface area contributed by atoms with E-state index in [1.54, 1.807) is 0 Å². The molecule has 3 rings (SSSR count).